The molecule has 1 aromatic heterocycles. The van der Waals surface area contributed by atoms with E-state index in [-0.39, 0.29) is 0 Å². The zero-order chi connectivity index (χ0) is 12.4. The van der Waals surface area contributed by atoms with Crippen LogP contribution < -0.4 is 0 Å². The molecule has 0 aliphatic carbocycles. The van der Waals surface area contributed by atoms with Gasteiger partial charge in [-0.1, -0.05) is 22.0 Å². The second-order valence-corrected chi connectivity index (χ2v) is 5.01. The highest BCUT2D eigenvalue weighted by atomic mass is 79.9. The maximum absolute atomic E-state index is 10.3. The maximum Gasteiger partial charge on any atom is 0.107 e. The molecule has 3 nitrogen and oxygen atoms in total. The summed E-state index contributed by atoms with van der Waals surface area (Å²) in [7, 11) is 0. The minimum Gasteiger partial charge on any atom is -0.384 e. The molecule has 0 spiro atoms. The molecule has 0 radical (unpaired) electrons. The molecule has 4 heteroatoms. The molecular formula is C13H15BrN2O. The first kappa shape index (κ1) is 12.3. The summed E-state index contributed by atoms with van der Waals surface area (Å²) in [6.07, 6.45) is 2.97. The third kappa shape index (κ3) is 2.76. The number of aromatic nitrogens is 2. The van der Waals surface area contributed by atoms with Gasteiger partial charge in [0.15, 0.2) is 0 Å². The van der Waals surface area contributed by atoms with Gasteiger partial charge in [0, 0.05) is 22.8 Å². The van der Waals surface area contributed by atoms with Gasteiger partial charge < -0.3 is 5.11 Å². The van der Waals surface area contributed by atoms with Crippen molar-refractivity contribution in [2.75, 3.05) is 0 Å². The lowest BCUT2D eigenvalue weighted by atomic mass is 10.0. The molecule has 1 N–H and O–H groups in total. The fraction of sp³-hybridized carbons (Fsp3) is 0.308. The number of halogens is 1. The van der Waals surface area contributed by atoms with Gasteiger partial charge in [0.05, 0.1) is 6.20 Å². The largest absolute Gasteiger partial charge is 0.384 e. The van der Waals surface area contributed by atoms with E-state index in [1.807, 2.05) is 42.9 Å². The third-order valence-electron chi connectivity index (χ3n) is 2.67. The summed E-state index contributed by atoms with van der Waals surface area (Å²) in [4.78, 5) is 0. The van der Waals surface area contributed by atoms with E-state index in [0.717, 1.165) is 27.7 Å². The van der Waals surface area contributed by atoms with E-state index in [2.05, 4.69) is 21.0 Å². The van der Waals surface area contributed by atoms with Crippen LogP contribution in [0.5, 0.6) is 0 Å². The monoisotopic (exact) mass is 294 g/mol. The number of aliphatic hydroxyl groups is 1. The Morgan fingerprint density at radius 1 is 1.35 bits per heavy atom. The highest BCUT2D eigenvalue weighted by Crippen LogP contribution is 2.25. The quantitative estimate of drug-likeness (QED) is 0.945. The number of hydrogen-bond donors (Lipinski definition) is 1. The Balaban J connectivity index is 2.32. The Morgan fingerprint density at radius 2 is 2.12 bits per heavy atom. The first-order valence-electron chi connectivity index (χ1n) is 5.57. The average molecular weight is 295 g/mol. The molecule has 0 fully saturated rings. The van der Waals surface area contributed by atoms with Crippen LogP contribution in [-0.2, 0) is 6.54 Å². The summed E-state index contributed by atoms with van der Waals surface area (Å²) >= 11 is 3.44. The predicted octanol–water partition coefficient (Wildman–Crippen LogP) is 3.06. The summed E-state index contributed by atoms with van der Waals surface area (Å²) in [5, 5.41) is 14.4. The molecule has 0 saturated carbocycles. The zero-order valence-electron chi connectivity index (χ0n) is 9.89. The van der Waals surface area contributed by atoms with E-state index < -0.39 is 6.10 Å². The Kier molecular flexibility index (Phi) is 3.64. The van der Waals surface area contributed by atoms with Crippen molar-refractivity contribution < 1.29 is 5.11 Å². The molecule has 17 heavy (non-hydrogen) atoms. The Labute approximate surface area is 109 Å². The van der Waals surface area contributed by atoms with Gasteiger partial charge in [0.2, 0.25) is 0 Å². The van der Waals surface area contributed by atoms with E-state index >= 15 is 0 Å². The van der Waals surface area contributed by atoms with Crippen LogP contribution in [-0.4, -0.2) is 14.9 Å². The average Bonchev–Trinajstić information content (AvgIpc) is 2.75. The molecule has 1 heterocycles. The van der Waals surface area contributed by atoms with E-state index in [9.17, 15) is 5.11 Å². The van der Waals surface area contributed by atoms with Gasteiger partial charge in [-0.3, -0.25) is 4.68 Å². The molecule has 2 aromatic rings. The molecule has 2 rings (SSSR count). The first-order valence-corrected chi connectivity index (χ1v) is 6.37. The minimum absolute atomic E-state index is 0.619. The van der Waals surface area contributed by atoms with Crippen molar-refractivity contribution in [3.8, 4) is 0 Å². The van der Waals surface area contributed by atoms with Gasteiger partial charge in [-0.05, 0) is 37.1 Å². The van der Waals surface area contributed by atoms with Gasteiger partial charge in [-0.2, -0.15) is 5.10 Å². The lowest BCUT2D eigenvalue weighted by Gasteiger charge is -2.10. The van der Waals surface area contributed by atoms with E-state index in [1.165, 1.54) is 0 Å². The van der Waals surface area contributed by atoms with Crippen LogP contribution in [0.25, 0.3) is 0 Å². The van der Waals surface area contributed by atoms with Gasteiger partial charge in [0.1, 0.15) is 6.10 Å². The fourth-order valence-corrected chi connectivity index (χ4v) is 2.43. The molecule has 0 amide bonds. The number of aliphatic hydroxyl groups excluding tert-OH is 1. The zero-order valence-corrected chi connectivity index (χ0v) is 11.5. The summed E-state index contributed by atoms with van der Waals surface area (Å²) in [6.45, 7) is 4.84. The van der Waals surface area contributed by atoms with Crippen molar-refractivity contribution >= 4 is 15.9 Å². The van der Waals surface area contributed by atoms with Crippen LogP contribution in [0, 0.1) is 6.92 Å². The van der Waals surface area contributed by atoms with Crippen molar-refractivity contribution in [1.82, 2.24) is 9.78 Å². The maximum atomic E-state index is 10.3. The van der Waals surface area contributed by atoms with E-state index in [1.54, 1.807) is 6.20 Å². The van der Waals surface area contributed by atoms with Gasteiger partial charge in [-0.25, -0.2) is 0 Å². The van der Waals surface area contributed by atoms with Crippen molar-refractivity contribution in [1.29, 1.82) is 0 Å². The SMILES string of the molecule is CCn1cc(C(O)c2cc(C)cc(Br)c2)cn1. The van der Waals surface area contributed by atoms with Gasteiger partial charge in [0.25, 0.3) is 0 Å². The van der Waals surface area contributed by atoms with Crippen LogP contribution in [0.3, 0.4) is 0 Å². The van der Waals surface area contributed by atoms with Crippen LogP contribution in [0.1, 0.15) is 29.7 Å². The Morgan fingerprint density at radius 3 is 2.71 bits per heavy atom. The molecule has 0 aliphatic rings. The van der Waals surface area contributed by atoms with Gasteiger partial charge in [-0.15, -0.1) is 0 Å². The summed E-state index contributed by atoms with van der Waals surface area (Å²) in [6, 6.07) is 5.94. The number of rotatable bonds is 3. The summed E-state index contributed by atoms with van der Waals surface area (Å²) in [5.74, 6) is 0. The highest BCUT2D eigenvalue weighted by Gasteiger charge is 2.13. The molecule has 0 saturated heterocycles. The molecule has 1 unspecified atom stereocenters. The normalized spacial score (nSPS) is 12.7. The lowest BCUT2D eigenvalue weighted by molar-refractivity contribution is 0.220. The molecule has 0 aliphatic heterocycles. The Bertz CT molecular complexity index is 502. The van der Waals surface area contributed by atoms with E-state index in [4.69, 9.17) is 0 Å². The third-order valence-corrected chi connectivity index (χ3v) is 3.13. The Hall–Kier alpha value is -1.13. The standard InChI is InChI=1S/C13H15BrN2O/c1-3-16-8-11(7-15-16)13(17)10-4-9(2)5-12(14)6-10/h4-8,13,17H,3H2,1-2H3. The number of hydrogen-bond acceptors (Lipinski definition) is 2. The van der Waals surface area contributed by atoms with Crippen molar-refractivity contribution in [2.45, 2.75) is 26.5 Å². The molecule has 0 bridgehead atoms. The predicted molar refractivity (Wildman–Crippen MR) is 70.8 cm³/mol. The second kappa shape index (κ2) is 5.02. The topological polar surface area (TPSA) is 38.0 Å². The summed E-state index contributed by atoms with van der Waals surface area (Å²) < 4.78 is 2.79. The van der Waals surface area contributed by atoms with Crippen LogP contribution in [0.2, 0.25) is 0 Å². The van der Waals surface area contributed by atoms with Crippen LogP contribution in [0.15, 0.2) is 35.1 Å². The number of nitrogens with zero attached hydrogens (tertiary/aromatic N) is 2. The molecule has 1 atom stereocenters. The highest BCUT2D eigenvalue weighted by molar-refractivity contribution is 9.10. The summed E-state index contributed by atoms with van der Waals surface area (Å²) in [5.41, 5.74) is 2.83. The van der Waals surface area contributed by atoms with Crippen LogP contribution >= 0.6 is 15.9 Å². The smallest absolute Gasteiger partial charge is 0.107 e. The number of benzene rings is 1. The van der Waals surface area contributed by atoms with Crippen LogP contribution in [0.4, 0.5) is 0 Å². The first-order chi connectivity index (χ1) is 8.10. The van der Waals surface area contributed by atoms with Crippen molar-refractivity contribution in [3.05, 3.63) is 51.8 Å². The van der Waals surface area contributed by atoms with Crippen molar-refractivity contribution in [3.63, 3.8) is 0 Å². The fourth-order valence-electron chi connectivity index (χ4n) is 1.81. The molecular weight excluding hydrogens is 280 g/mol. The molecule has 90 valence electrons. The minimum atomic E-state index is -0.619. The number of aryl methyl sites for hydroxylation is 2. The van der Waals surface area contributed by atoms with Gasteiger partial charge >= 0.3 is 0 Å². The van der Waals surface area contributed by atoms with Crippen molar-refractivity contribution in [2.24, 2.45) is 0 Å². The van der Waals surface area contributed by atoms with E-state index in [0.29, 0.717) is 0 Å². The molecule has 1 aromatic carbocycles. The lowest BCUT2D eigenvalue weighted by Crippen LogP contribution is -1.99. The second-order valence-electron chi connectivity index (χ2n) is 4.09.